The van der Waals surface area contributed by atoms with Gasteiger partial charge in [-0.2, -0.15) is 13.2 Å². The van der Waals surface area contributed by atoms with Gasteiger partial charge in [0.1, 0.15) is 5.03 Å². The minimum atomic E-state index is -4.88. The lowest BCUT2D eigenvalue weighted by molar-refractivity contribution is -0.0386. The van der Waals surface area contributed by atoms with E-state index in [0.717, 1.165) is 12.1 Å². The van der Waals surface area contributed by atoms with E-state index in [4.69, 9.17) is 10.8 Å². The Morgan fingerprint density at radius 3 is 2.43 bits per heavy atom. The van der Waals surface area contributed by atoms with E-state index < -0.39 is 32.9 Å². The van der Waals surface area contributed by atoms with Crippen LogP contribution in [0.5, 0.6) is 5.75 Å². The molecule has 78 valence electrons. The molecule has 0 bridgehead atoms. The summed E-state index contributed by atoms with van der Waals surface area (Å²) in [5, 5.41) is 8.13. The Kier molecular flexibility index (Phi) is 2.65. The highest BCUT2D eigenvalue weighted by molar-refractivity contribution is 7.85. The van der Waals surface area contributed by atoms with Gasteiger partial charge in [0, 0.05) is 0 Å². The van der Waals surface area contributed by atoms with E-state index in [1.54, 1.807) is 0 Å². The molecule has 0 saturated heterocycles. The zero-order chi connectivity index (χ0) is 10.9. The molecule has 0 aliphatic carbocycles. The molecule has 0 aromatic carbocycles. The number of rotatable bonds is 1. The molecule has 8 heteroatoms. The lowest BCUT2D eigenvalue weighted by atomic mass is 10.4. The molecular weight excluding hydrogens is 221 g/mol. The lowest BCUT2D eigenvalue weighted by Crippen LogP contribution is -2.17. The van der Waals surface area contributed by atoms with E-state index in [1.807, 2.05) is 0 Å². The first-order chi connectivity index (χ1) is 6.32. The number of aromatic hydroxyl groups is 1. The lowest BCUT2D eigenvalue weighted by Gasteiger charge is -2.05. The maximum absolute atomic E-state index is 11.9. The van der Waals surface area contributed by atoms with Crippen molar-refractivity contribution >= 4 is 16.6 Å². The fourth-order valence-corrected chi connectivity index (χ4v) is 1.28. The molecule has 14 heavy (non-hydrogen) atoms. The molecule has 0 spiro atoms. The zero-order valence-corrected chi connectivity index (χ0v) is 7.39. The van der Waals surface area contributed by atoms with E-state index in [9.17, 15) is 17.4 Å². The van der Waals surface area contributed by atoms with Crippen LogP contribution in [0.15, 0.2) is 17.2 Å². The minimum Gasteiger partial charge on any atom is -0.504 e. The summed E-state index contributed by atoms with van der Waals surface area (Å²) in [4.78, 5) is 3.15. The van der Waals surface area contributed by atoms with Crippen molar-refractivity contribution < 1.29 is 22.5 Å². The van der Waals surface area contributed by atoms with Gasteiger partial charge in [-0.3, -0.25) is 0 Å². The maximum atomic E-state index is 11.9. The highest BCUT2D eigenvalue weighted by Gasteiger charge is 2.39. The van der Waals surface area contributed by atoms with Crippen molar-refractivity contribution in [1.29, 1.82) is 0 Å². The molecule has 0 aliphatic rings. The molecule has 0 amide bonds. The first-order valence-corrected chi connectivity index (χ1v) is 4.41. The molecule has 0 fully saturated rings. The molecule has 1 rings (SSSR count). The Morgan fingerprint density at radius 1 is 1.43 bits per heavy atom. The molecule has 3 N–H and O–H groups in total. The molecule has 0 saturated carbocycles. The Hall–Kier alpha value is -1.31. The summed E-state index contributed by atoms with van der Waals surface area (Å²) in [6.07, 6.45) is 0. The SMILES string of the molecule is Nc1nc(S(=O)C(F)(F)F)ccc1O. The van der Waals surface area contributed by atoms with Crippen molar-refractivity contribution in [2.75, 3.05) is 5.73 Å². The number of alkyl halides is 3. The van der Waals surface area contributed by atoms with Crippen LogP contribution >= 0.6 is 0 Å². The number of halogens is 3. The number of hydrogen-bond acceptors (Lipinski definition) is 4. The first kappa shape index (κ1) is 10.8. The van der Waals surface area contributed by atoms with Crippen LogP contribution in [0.2, 0.25) is 0 Å². The van der Waals surface area contributed by atoms with Gasteiger partial charge < -0.3 is 10.8 Å². The summed E-state index contributed by atoms with van der Waals surface area (Å²) >= 11 is 0. The van der Waals surface area contributed by atoms with Crippen LogP contribution in [0.1, 0.15) is 0 Å². The quantitative estimate of drug-likeness (QED) is 0.748. The summed E-state index contributed by atoms with van der Waals surface area (Å²) in [5.74, 6) is -0.937. The standard InChI is InChI=1S/C6H5F3N2O2S/c7-6(8,9)14(13)4-2-1-3(12)5(10)11-4/h1-2,12H,(H2,10,11). The maximum Gasteiger partial charge on any atom is 0.477 e. The molecule has 1 atom stereocenters. The molecular formula is C6H5F3N2O2S. The number of anilines is 1. The van der Waals surface area contributed by atoms with Gasteiger partial charge in [0.2, 0.25) is 0 Å². The predicted molar refractivity (Wildman–Crippen MR) is 42.8 cm³/mol. The second-order valence-corrected chi connectivity index (χ2v) is 3.69. The van der Waals surface area contributed by atoms with Crippen LogP contribution < -0.4 is 5.73 Å². The van der Waals surface area contributed by atoms with Gasteiger partial charge in [-0.05, 0) is 12.1 Å². The minimum absolute atomic E-state index is 0.451. The normalized spacial score (nSPS) is 13.9. The van der Waals surface area contributed by atoms with Crippen molar-refractivity contribution in [1.82, 2.24) is 4.98 Å². The monoisotopic (exact) mass is 226 g/mol. The van der Waals surface area contributed by atoms with Gasteiger partial charge in [0.05, 0.1) is 0 Å². The molecule has 1 unspecified atom stereocenters. The highest BCUT2D eigenvalue weighted by Crippen LogP contribution is 2.27. The average Bonchev–Trinajstić information content (AvgIpc) is 2.07. The third kappa shape index (κ3) is 2.13. The van der Waals surface area contributed by atoms with Gasteiger partial charge in [-0.1, -0.05) is 0 Å². The molecule has 1 heterocycles. The smallest absolute Gasteiger partial charge is 0.477 e. The third-order valence-electron chi connectivity index (χ3n) is 1.28. The molecule has 4 nitrogen and oxygen atoms in total. The topological polar surface area (TPSA) is 76.2 Å². The number of nitrogen functional groups attached to an aromatic ring is 1. The summed E-state index contributed by atoms with van der Waals surface area (Å²) < 4.78 is 46.5. The molecule has 1 aromatic rings. The Bertz CT molecular complexity index is 380. The van der Waals surface area contributed by atoms with Crippen LogP contribution in [0.25, 0.3) is 0 Å². The van der Waals surface area contributed by atoms with E-state index in [1.165, 1.54) is 0 Å². The van der Waals surface area contributed by atoms with Crippen LogP contribution in [0.4, 0.5) is 19.0 Å². The fourth-order valence-electron chi connectivity index (χ4n) is 0.671. The summed E-state index contributed by atoms with van der Waals surface area (Å²) in [6.45, 7) is 0. The number of hydrogen-bond donors (Lipinski definition) is 2. The summed E-state index contributed by atoms with van der Waals surface area (Å²) in [6, 6.07) is 1.70. The second-order valence-electron chi connectivity index (χ2n) is 2.27. The third-order valence-corrected chi connectivity index (χ3v) is 2.30. The van der Waals surface area contributed by atoms with Gasteiger partial charge >= 0.3 is 5.51 Å². The van der Waals surface area contributed by atoms with Crippen molar-refractivity contribution in [3.05, 3.63) is 12.1 Å². The van der Waals surface area contributed by atoms with Crippen LogP contribution in [-0.2, 0) is 10.8 Å². The van der Waals surface area contributed by atoms with Gasteiger partial charge in [-0.25, -0.2) is 9.19 Å². The van der Waals surface area contributed by atoms with Gasteiger partial charge in [-0.15, -0.1) is 0 Å². The first-order valence-electron chi connectivity index (χ1n) is 3.26. The van der Waals surface area contributed by atoms with Crippen molar-refractivity contribution in [2.24, 2.45) is 0 Å². The number of aromatic nitrogens is 1. The van der Waals surface area contributed by atoms with E-state index >= 15 is 0 Å². The zero-order valence-electron chi connectivity index (χ0n) is 6.58. The summed E-state index contributed by atoms with van der Waals surface area (Å²) in [7, 11) is -3.22. The highest BCUT2D eigenvalue weighted by atomic mass is 32.2. The van der Waals surface area contributed by atoms with Crippen LogP contribution in [-0.4, -0.2) is 19.8 Å². The van der Waals surface area contributed by atoms with Gasteiger partial charge in [0.15, 0.2) is 22.4 Å². The Labute approximate surface area is 79.0 Å². The number of pyridine rings is 1. The summed E-state index contributed by atoms with van der Waals surface area (Å²) in [5.41, 5.74) is 0.160. The van der Waals surface area contributed by atoms with Gasteiger partial charge in [0.25, 0.3) is 0 Å². The largest absolute Gasteiger partial charge is 0.504 e. The van der Waals surface area contributed by atoms with Crippen molar-refractivity contribution in [2.45, 2.75) is 10.5 Å². The molecule has 0 aliphatic heterocycles. The Morgan fingerprint density at radius 2 is 2.00 bits per heavy atom. The molecule has 0 radical (unpaired) electrons. The Balaban J connectivity index is 3.10. The predicted octanol–water partition coefficient (Wildman–Crippen LogP) is 0.997. The van der Waals surface area contributed by atoms with Crippen LogP contribution in [0, 0.1) is 0 Å². The van der Waals surface area contributed by atoms with E-state index in [0.29, 0.717) is 0 Å². The van der Waals surface area contributed by atoms with Crippen molar-refractivity contribution in [3.63, 3.8) is 0 Å². The van der Waals surface area contributed by atoms with Crippen LogP contribution in [0.3, 0.4) is 0 Å². The average molecular weight is 226 g/mol. The van der Waals surface area contributed by atoms with Crippen molar-refractivity contribution in [3.8, 4) is 5.75 Å². The second kappa shape index (κ2) is 3.45. The van der Waals surface area contributed by atoms with E-state index in [2.05, 4.69) is 4.98 Å². The van der Waals surface area contributed by atoms with E-state index in [-0.39, 0.29) is 0 Å². The number of nitrogens with zero attached hydrogens (tertiary/aromatic N) is 1. The molecule has 1 aromatic heterocycles. The number of nitrogens with two attached hydrogens (primary N) is 1. The fraction of sp³-hybridized carbons (Fsp3) is 0.167.